The van der Waals surface area contributed by atoms with Crippen molar-refractivity contribution in [2.45, 2.75) is 12.8 Å². The second kappa shape index (κ2) is 4.16. The lowest BCUT2D eigenvalue weighted by Crippen LogP contribution is -1.93. The summed E-state index contributed by atoms with van der Waals surface area (Å²) in [5, 5.41) is -0.0857. The summed E-state index contributed by atoms with van der Waals surface area (Å²) >= 11 is 3.68. The van der Waals surface area contributed by atoms with E-state index in [1.54, 1.807) is 0 Å². The van der Waals surface area contributed by atoms with Gasteiger partial charge in [0.25, 0.3) is 0 Å². The van der Waals surface area contributed by atoms with E-state index in [9.17, 15) is 4.79 Å². The summed E-state index contributed by atoms with van der Waals surface area (Å²) in [5.41, 5.74) is 7.38. The van der Waals surface area contributed by atoms with E-state index in [2.05, 4.69) is 12.6 Å². The number of carbonyl (C=O) groups excluding carboxylic acids is 1. The maximum absolute atomic E-state index is 10.5. The number of nitrogen functional groups attached to an aromatic ring is 1. The number of nitrogens with two attached hydrogens (primary N) is 1. The lowest BCUT2D eigenvalue weighted by atomic mass is 10.1. The van der Waals surface area contributed by atoms with Gasteiger partial charge in [-0.25, -0.2) is 0 Å². The molecule has 0 amide bonds. The van der Waals surface area contributed by atoms with Gasteiger partial charge in [-0.05, 0) is 24.1 Å². The van der Waals surface area contributed by atoms with Gasteiger partial charge in [0, 0.05) is 12.1 Å². The van der Waals surface area contributed by atoms with E-state index < -0.39 is 0 Å². The molecule has 0 heterocycles. The zero-order chi connectivity index (χ0) is 8.97. The number of aryl methyl sites for hydroxylation is 1. The summed E-state index contributed by atoms with van der Waals surface area (Å²) in [5.74, 6) is 0. The molecule has 0 spiro atoms. The molecule has 0 fully saturated rings. The molecular weight excluding hydrogens is 170 g/mol. The molecule has 12 heavy (non-hydrogen) atoms. The Bertz CT molecular complexity index is 286. The molecule has 64 valence electrons. The average molecular weight is 181 g/mol. The Kier molecular flexibility index (Phi) is 3.17. The molecule has 0 aliphatic carbocycles. The molecule has 2 nitrogen and oxygen atoms in total. The molecule has 0 aliphatic heterocycles. The Labute approximate surface area is 77.2 Å². The summed E-state index contributed by atoms with van der Waals surface area (Å²) < 4.78 is 0. The van der Waals surface area contributed by atoms with Gasteiger partial charge in [0.15, 0.2) is 5.12 Å². The van der Waals surface area contributed by atoms with E-state index in [0.29, 0.717) is 12.8 Å². The van der Waals surface area contributed by atoms with Crippen molar-refractivity contribution in [1.29, 1.82) is 0 Å². The van der Waals surface area contributed by atoms with Gasteiger partial charge in [0.1, 0.15) is 0 Å². The lowest BCUT2D eigenvalue weighted by molar-refractivity contribution is -0.110. The average Bonchev–Trinajstić information content (AvgIpc) is 2.01. The van der Waals surface area contributed by atoms with Gasteiger partial charge in [-0.3, -0.25) is 4.79 Å². The normalized spacial score (nSPS) is 9.75. The third kappa shape index (κ3) is 2.96. The van der Waals surface area contributed by atoms with Crippen molar-refractivity contribution in [2.75, 3.05) is 5.73 Å². The van der Waals surface area contributed by atoms with Crippen LogP contribution < -0.4 is 5.73 Å². The van der Waals surface area contributed by atoms with Crippen LogP contribution >= 0.6 is 12.6 Å². The number of thiol groups is 1. The minimum atomic E-state index is -0.0857. The molecule has 0 saturated carbocycles. The van der Waals surface area contributed by atoms with Gasteiger partial charge >= 0.3 is 0 Å². The first-order valence-corrected chi connectivity index (χ1v) is 4.19. The first kappa shape index (κ1) is 9.13. The molecule has 1 aromatic rings. The van der Waals surface area contributed by atoms with Crippen molar-refractivity contribution in [3.63, 3.8) is 0 Å². The number of rotatable bonds is 3. The largest absolute Gasteiger partial charge is 0.399 e. The van der Waals surface area contributed by atoms with Crippen molar-refractivity contribution < 1.29 is 4.79 Å². The highest BCUT2D eigenvalue weighted by atomic mass is 32.1. The minimum absolute atomic E-state index is 0.0857. The van der Waals surface area contributed by atoms with Gasteiger partial charge in [0.05, 0.1) is 0 Å². The molecule has 0 saturated heterocycles. The molecule has 0 aliphatic rings. The minimum Gasteiger partial charge on any atom is -0.399 e. The molecule has 3 heteroatoms. The van der Waals surface area contributed by atoms with Crippen LogP contribution in [0.4, 0.5) is 5.69 Å². The zero-order valence-electron chi connectivity index (χ0n) is 6.66. The van der Waals surface area contributed by atoms with Crippen LogP contribution in [0.5, 0.6) is 0 Å². The highest BCUT2D eigenvalue weighted by molar-refractivity contribution is 7.96. The molecule has 1 aromatic carbocycles. The van der Waals surface area contributed by atoms with Crippen LogP contribution in [-0.4, -0.2) is 5.12 Å². The molecule has 0 bridgehead atoms. The number of carbonyl (C=O) groups is 1. The Morgan fingerprint density at radius 3 is 2.83 bits per heavy atom. The topological polar surface area (TPSA) is 43.1 Å². The summed E-state index contributed by atoms with van der Waals surface area (Å²) in [6.07, 6.45) is 1.18. The van der Waals surface area contributed by atoms with Crippen LogP contribution in [0.1, 0.15) is 12.0 Å². The summed E-state index contributed by atoms with van der Waals surface area (Å²) in [6.45, 7) is 0. The number of benzene rings is 1. The smallest absolute Gasteiger partial charge is 0.186 e. The van der Waals surface area contributed by atoms with Crippen molar-refractivity contribution in [3.05, 3.63) is 29.8 Å². The SMILES string of the molecule is Nc1cccc(CCC(=O)S)c1. The van der Waals surface area contributed by atoms with E-state index in [1.165, 1.54) is 0 Å². The fourth-order valence-corrected chi connectivity index (χ4v) is 1.11. The lowest BCUT2D eigenvalue weighted by Gasteiger charge is -1.99. The summed E-state index contributed by atoms with van der Waals surface area (Å²) in [4.78, 5) is 10.5. The van der Waals surface area contributed by atoms with Crippen LogP contribution in [0.2, 0.25) is 0 Å². The monoisotopic (exact) mass is 181 g/mol. The van der Waals surface area contributed by atoms with Crippen molar-refractivity contribution in [3.8, 4) is 0 Å². The summed E-state index contributed by atoms with van der Waals surface area (Å²) in [6, 6.07) is 7.53. The van der Waals surface area contributed by atoms with E-state index in [-0.39, 0.29) is 5.12 Å². The summed E-state index contributed by atoms with van der Waals surface area (Å²) in [7, 11) is 0. The van der Waals surface area contributed by atoms with Gasteiger partial charge in [-0.15, -0.1) is 12.6 Å². The van der Waals surface area contributed by atoms with Crippen LogP contribution in [0.15, 0.2) is 24.3 Å². The van der Waals surface area contributed by atoms with E-state index in [0.717, 1.165) is 11.3 Å². The van der Waals surface area contributed by atoms with E-state index >= 15 is 0 Å². The third-order valence-electron chi connectivity index (χ3n) is 1.58. The maximum Gasteiger partial charge on any atom is 0.186 e. The third-order valence-corrected chi connectivity index (χ3v) is 1.80. The van der Waals surface area contributed by atoms with E-state index in [4.69, 9.17) is 5.73 Å². The van der Waals surface area contributed by atoms with Crippen molar-refractivity contribution in [2.24, 2.45) is 0 Å². The van der Waals surface area contributed by atoms with Crippen LogP contribution in [0.25, 0.3) is 0 Å². The van der Waals surface area contributed by atoms with Gasteiger partial charge in [-0.2, -0.15) is 0 Å². The van der Waals surface area contributed by atoms with Gasteiger partial charge in [0.2, 0.25) is 0 Å². The second-order valence-corrected chi connectivity index (χ2v) is 3.14. The van der Waals surface area contributed by atoms with Crippen LogP contribution in [0.3, 0.4) is 0 Å². The standard InChI is InChI=1S/C9H11NOS/c10-8-3-1-2-7(6-8)4-5-9(11)12/h1-3,6H,4-5,10H2,(H,11,12). The first-order valence-electron chi connectivity index (χ1n) is 3.74. The molecular formula is C9H11NOS. The maximum atomic E-state index is 10.5. The molecule has 0 atom stereocenters. The fourth-order valence-electron chi connectivity index (χ4n) is 1.000. The Morgan fingerprint density at radius 1 is 1.50 bits per heavy atom. The van der Waals surface area contributed by atoms with Crippen molar-refractivity contribution in [1.82, 2.24) is 0 Å². The van der Waals surface area contributed by atoms with Crippen LogP contribution in [0, 0.1) is 0 Å². The molecule has 1 rings (SSSR count). The quantitative estimate of drug-likeness (QED) is 0.550. The van der Waals surface area contributed by atoms with Gasteiger partial charge < -0.3 is 5.73 Å². The van der Waals surface area contributed by atoms with Crippen LogP contribution in [-0.2, 0) is 11.2 Å². The predicted molar refractivity (Wildman–Crippen MR) is 53.2 cm³/mol. The zero-order valence-corrected chi connectivity index (χ0v) is 7.55. The van der Waals surface area contributed by atoms with Gasteiger partial charge in [-0.1, -0.05) is 12.1 Å². The predicted octanol–water partition coefficient (Wildman–Crippen LogP) is 1.66. The highest BCUT2D eigenvalue weighted by Gasteiger charge is 1.96. The molecule has 0 radical (unpaired) electrons. The molecule has 0 unspecified atom stereocenters. The molecule has 0 aromatic heterocycles. The number of hydrogen-bond donors (Lipinski definition) is 2. The Hall–Kier alpha value is -0.960. The van der Waals surface area contributed by atoms with E-state index in [1.807, 2.05) is 24.3 Å². The highest BCUT2D eigenvalue weighted by Crippen LogP contribution is 2.09. The number of hydrogen-bond acceptors (Lipinski definition) is 2. The molecule has 2 N–H and O–H groups in total. The second-order valence-electron chi connectivity index (χ2n) is 2.64. The Balaban J connectivity index is 2.57. The van der Waals surface area contributed by atoms with Crippen molar-refractivity contribution >= 4 is 23.4 Å². The fraction of sp³-hybridized carbons (Fsp3) is 0.222. The number of anilines is 1. The Morgan fingerprint density at radius 2 is 2.25 bits per heavy atom. The first-order chi connectivity index (χ1) is 5.68.